The smallest absolute Gasteiger partial charge is 0.258 e. The van der Waals surface area contributed by atoms with E-state index in [1.807, 2.05) is 0 Å². The van der Waals surface area contributed by atoms with Crippen molar-refractivity contribution >= 4 is 27.3 Å². The maximum absolute atomic E-state index is 12.2. The fraction of sp³-hybridized carbons (Fsp3) is 0.300. The van der Waals surface area contributed by atoms with Gasteiger partial charge in [0.15, 0.2) is 0 Å². The van der Waals surface area contributed by atoms with E-state index in [2.05, 4.69) is 0 Å². The predicted octanol–water partition coefficient (Wildman–Crippen LogP) is 1.78. The lowest BCUT2D eigenvalue weighted by Gasteiger charge is -2.17. The molecule has 0 aliphatic rings. The standard InChI is InChI=1S/C10H10ClN3O4S/c1-2-13(6-5-12)19(17,18)10-4-3-8(14(15)16)7-9(10)11/h3-4,7H,2,6H2,1H3. The van der Waals surface area contributed by atoms with Crippen LogP contribution in [0, 0.1) is 21.4 Å². The van der Waals surface area contributed by atoms with Crippen LogP contribution in [0.2, 0.25) is 5.02 Å². The summed E-state index contributed by atoms with van der Waals surface area (Å²) in [5.41, 5.74) is -0.299. The van der Waals surface area contributed by atoms with Gasteiger partial charge in [-0.05, 0) is 6.07 Å². The Morgan fingerprint density at radius 1 is 1.53 bits per heavy atom. The molecule has 1 rings (SSSR count). The SMILES string of the molecule is CCN(CC#N)S(=O)(=O)c1ccc([N+](=O)[O-])cc1Cl. The van der Waals surface area contributed by atoms with Crippen LogP contribution in [-0.2, 0) is 10.0 Å². The van der Waals surface area contributed by atoms with Crippen molar-refractivity contribution in [1.82, 2.24) is 4.31 Å². The molecule has 0 aromatic heterocycles. The molecule has 0 aliphatic carbocycles. The first-order valence-corrected chi connectivity index (χ1v) is 6.97. The molecule has 0 unspecified atom stereocenters. The molecule has 0 fully saturated rings. The third-order valence-electron chi connectivity index (χ3n) is 2.34. The van der Waals surface area contributed by atoms with Gasteiger partial charge in [0.1, 0.15) is 11.4 Å². The lowest BCUT2D eigenvalue weighted by atomic mass is 10.3. The van der Waals surface area contributed by atoms with Gasteiger partial charge in [-0.2, -0.15) is 9.57 Å². The molecular weight excluding hydrogens is 294 g/mol. The van der Waals surface area contributed by atoms with Crippen molar-refractivity contribution < 1.29 is 13.3 Å². The number of nitrogens with zero attached hydrogens (tertiary/aromatic N) is 3. The maximum atomic E-state index is 12.2. The van der Waals surface area contributed by atoms with Crippen molar-refractivity contribution in [3.8, 4) is 6.07 Å². The molecule has 19 heavy (non-hydrogen) atoms. The number of benzene rings is 1. The number of sulfonamides is 1. The second kappa shape index (κ2) is 5.97. The molecule has 1 aromatic carbocycles. The second-order valence-electron chi connectivity index (χ2n) is 3.46. The van der Waals surface area contributed by atoms with Crippen LogP contribution in [0.4, 0.5) is 5.69 Å². The lowest BCUT2D eigenvalue weighted by molar-refractivity contribution is -0.384. The zero-order chi connectivity index (χ0) is 14.6. The molecule has 102 valence electrons. The van der Waals surface area contributed by atoms with E-state index in [1.54, 1.807) is 13.0 Å². The number of nitriles is 1. The minimum absolute atomic E-state index is 0.100. The minimum Gasteiger partial charge on any atom is -0.258 e. The van der Waals surface area contributed by atoms with Gasteiger partial charge in [0.2, 0.25) is 10.0 Å². The monoisotopic (exact) mass is 303 g/mol. The zero-order valence-electron chi connectivity index (χ0n) is 9.91. The van der Waals surface area contributed by atoms with E-state index < -0.39 is 14.9 Å². The Morgan fingerprint density at radius 3 is 2.58 bits per heavy atom. The van der Waals surface area contributed by atoms with Crippen LogP contribution in [-0.4, -0.2) is 30.7 Å². The molecule has 0 bridgehead atoms. The van der Waals surface area contributed by atoms with Crippen LogP contribution >= 0.6 is 11.6 Å². The number of nitro groups is 1. The summed E-state index contributed by atoms with van der Waals surface area (Å²) in [4.78, 5) is 9.63. The summed E-state index contributed by atoms with van der Waals surface area (Å²) in [5.74, 6) is 0. The topological polar surface area (TPSA) is 104 Å². The van der Waals surface area contributed by atoms with Gasteiger partial charge in [0.05, 0.1) is 16.0 Å². The molecule has 0 saturated carbocycles. The predicted molar refractivity (Wildman–Crippen MR) is 68.2 cm³/mol. The van der Waals surface area contributed by atoms with E-state index in [4.69, 9.17) is 16.9 Å². The summed E-state index contributed by atoms with van der Waals surface area (Å²) in [5, 5.41) is 18.9. The number of non-ortho nitro benzene ring substituents is 1. The van der Waals surface area contributed by atoms with Gasteiger partial charge in [0, 0.05) is 18.7 Å². The first-order chi connectivity index (χ1) is 8.84. The third kappa shape index (κ3) is 3.20. The Hall–Kier alpha value is -1.69. The third-order valence-corrected chi connectivity index (χ3v) is 4.75. The highest BCUT2D eigenvalue weighted by atomic mass is 35.5. The highest BCUT2D eigenvalue weighted by Gasteiger charge is 2.26. The van der Waals surface area contributed by atoms with Crippen molar-refractivity contribution in [2.75, 3.05) is 13.1 Å². The molecular formula is C10H10ClN3O4S. The largest absolute Gasteiger partial charge is 0.271 e. The summed E-state index contributed by atoms with van der Waals surface area (Å²) in [6.07, 6.45) is 0. The molecule has 0 N–H and O–H groups in total. The summed E-state index contributed by atoms with van der Waals surface area (Å²) in [6.45, 7) is 1.36. The second-order valence-corrected chi connectivity index (χ2v) is 5.77. The molecule has 0 amide bonds. The van der Waals surface area contributed by atoms with Gasteiger partial charge >= 0.3 is 0 Å². The first-order valence-electron chi connectivity index (χ1n) is 5.15. The van der Waals surface area contributed by atoms with Crippen LogP contribution in [0.5, 0.6) is 0 Å². The molecule has 0 atom stereocenters. The van der Waals surface area contributed by atoms with Gasteiger partial charge in [0.25, 0.3) is 5.69 Å². The van der Waals surface area contributed by atoms with E-state index >= 15 is 0 Å². The Kier molecular flexibility index (Phi) is 4.83. The van der Waals surface area contributed by atoms with Crippen molar-refractivity contribution in [2.24, 2.45) is 0 Å². The summed E-state index contributed by atoms with van der Waals surface area (Å²) < 4.78 is 25.3. The molecule has 0 heterocycles. The quantitative estimate of drug-likeness (QED) is 0.468. The molecule has 7 nitrogen and oxygen atoms in total. The normalized spacial score (nSPS) is 11.3. The van der Waals surface area contributed by atoms with Crippen molar-refractivity contribution in [3.05, 3.63) is 33.3 Å². The van der Waals surface area contributed by atoms with Gasteiger partial charge < -0.3 is 0 Å². The van der Waals surface area contributed by atoms with Crippen molar-refractivity contribution in [1.29, 1.82) is 5.26 Å². The van der Waals surface area contributed by atoms with Crippen LogP contribution in [0.3, 0.4) is 0 Å². The molecule has 0 saturated heterocycles. The molecule has 0 radical (unpaired) electrons. The van der Waals surface area contributed by atoms with E-state index in [0.29, 0.717) is 0 Å². The maximum Gasteiger partial charge on any atom is 0.271 e. The Bertz CT molecular complexity index is 639. The van der Waals surface area contributed by atoms with Crippen LogP contribution in [0.25, 0.3) is 0 Å². The zero-order valence-corrected chi connectivity index (χ0v) is 11.5. The summed E-state index contributed by atoms with van der Waals surface area (Å²) in [7, 11) is -3.93. The highest BCUT2D eigenvalue weighted by Crippen LogP contribution is 2.28. The average molecular weight is 304 g/mol. The van der Waals surface area contributed by atoms with Crippen molar-refractivity contribution in [2.45, 2.75) is 11.8 Å². The van der Waals surface area contributed by atoms with Crippen LogP contribution in [0.1, 0.15) is 6.92 Å². The Morgan fingerprint density at radius 2 is 2.16 bits per heavy atom. The molecule has 1 aromatic rings. The highest BCUT2D eigenvalue weighted by molar-refractivity contribution is 7.89. The van der Waals surface area contributed by atoms with Crippen molar-refractivity contribution in [3.63, 3.8) is 0 Å². The Balaban J connectivity index is 3.30. The van der Waals surface area contributed by atoms with E-state index in [-0.39, 0.29) is 28.7 Å². The van der Waals surface area contributed by atoms with E-state index in [9.17, 15) is 18.5 Å². The number of hydrogen-bond donors (Lipinski definition) is 0. The average Bonchev–Trinajstić information content (AvgIpc) is 2.35. The first kappa shape index (κ1) is 15.4. The fourth-order valence-electron chi connectivity index (χ4n) is 1.40. The van der Waals surface area contributed by atoms with Gasteiger partial charge in [-0.1, -0.05) is 18.5 Å². The number of rotatable bonds is 5. The van der Waals surface area contributed by atoms with Crippen LogP contribution < -0.4 is 0 Å². The van der Waals surface area contributed by atoms with Gasteiger partial charge in [-0.15, -0.1) is 0 Å². The minimum atomic E-state index is -3.93. The summed E-state index contributed by atoms with van der Waals surface area (Å²) >= 11 is 5.77. The van der Waals surface area contributed by atoms with E-state index in [0.717, 1.165) is 22.5 Å². The van der Waals surface area contributed by atoms with Crippen LogP contribution in [0.15, 0.2) is 23.1 Å². The number of nitro benzene ring substituents is 1. The fourth-order valence-corrected chi connectivity index (χ4v) is 3.26. The van der Waals surface area contributed by atoms with E-state index in [1.165, 1.54) is 0 Å². The number of hydrogen-bond acceptors (Lipinski definition) is 5. The lowest BCUT2D eigenvalue weighted by Crippen LogP contribution is -2.31. The van der Waals surface area contributed by atoms with Gasteiger partial charge in [-0.3, -0.25) is 10.1 Å². The molecule has 0 aliphatic heterocycles. The number of halogens is 1. The molecule has 9 heteroatoms. The molecule has 0 spiro atoms. The summed E-state index contributed by atoms with van der Waals surface area (Å²) in [6, 6.07) is 4.83. The Labute approximate surface area is 115 Å². The van der Waals surface area contributed by atoms with Gasteiger partial charge in [-0.25, -0.2) is 8.42 Å².